The van der Waals surface area contributed by atoms with Crippen molar-refractivity contribution in [1.29, 1.82) is 0 Å². The van der Waals surface area contributed by atoms with Crippen molar-refractivity contribution in [2.45, 2.75) is 13.5 Å². The average molecular weight is 284 g/mol. The van der Waals surface area contributed by atoms with E-state index < -0.39 is 0 Å². The molecular formula is C18H24N2O. The Morgan fingerprint density at radius 1 is 1.00 bits per heavy atom. The van der Waals surface area contributed by atoms with Gasteiger partial charge < -0.3 is 15.0 Å². The first-order valence-corrected chi connectivity index (χ1v) is 7.31. The van der Waals surface area contributed by atoms with Crippen LogP contribution in [0.3, 0.4) is 0 Å². The van der Waals surface area contributed by atoms with Crippen molar-refractivity contribution in [3.8, 4) is 16.9 Å². The molecule has 0 fully saturated rings. The standard InChI is InChI=1S/C18H24N2O/c1-5-19-13-16-12-15(8-11-18(16)21-4)14-6-9-17(10-7-14)20(2)3/h6-12,19H,5,13H2,1-4H3. The van der Waals surface area contributed by atoms with E-state index in [1.54, 1.807) is 7.11 Å². The number of hydrogen-bond acceptors (Lipinski definition) is 3. The molecule has 0 unspecified atom stereocenters. The summed E-state index contributed by atoms with van der Waals surface area (Å²) in [5.41, 5.74) is 4.84. The van der Waals surface area contributed by atoms with Crippen molar-refractivity contribution in [1.82, 2.24) is 5.32 Å². The van der Waals surface area contributed by atoms with Gasteiger partial charge in [0.1, 0.15) is 5.75 Å². The highest BCUT2D eigenvalue weighted by Gasteiger charge is 2.06. The molecule has 0 radical (unpaired) electrons. The third-order valence-electron chi connectivity index (χ3n) is 3.56. The third kappa shape index (κ3) is 3.76. The molecule has 0 aliphatic heterocycles. The lowest BCUT2D eigenvalue weighted by atomic mass is 10.0. The maximum absolute atomic E-state index is 5.44. The monoisotopic (exact) mass is 284 g/mol. The first-order valence-electron chi connectivity index (χ1n) is 7.31. The van der Waals surface area contributed by atoms with Crippen molar-refractivity contribution < 1.29 is 4.74 Å². The van der Waals surface area contributed by atoms with E-state index in [1.165, 1.54) is 22.4 Å². The predicted octanol–water partition coefficient (Wildman–Crippen LogP) is 3.54. The number of rotatable bonds is 6. The zero-order valence-electron chi connectivity index (χ0n) is 13.3. The molecule has 3 nitrogen and oxygen atoms in total. The van der Waals surface area contributed by atoms with Gasteiger partial charge in [-0.3, -0.25) is 0 Å². The molecule has 0 aliphatic carbocycles. The van der Waals surface area contributed by atoms with Crippen LogP contribution in [0.5, 0.6) is 5.75 Å². The highest BCUT2D eigenvalue weighted by molar-refractivity contribution is 5.68. The Bertz CT molecular complexity index is 576. The van der Waals surface area contributed by atoms with Crippen LogP contribution < -0.4 is 15.0 Å². The molecule has 0 saturated carbocycles. The topological polar surface area (TPSA) is 24.5 Å². The Morgan fingerprint density at radius 2 is 1.67 bits per heavy atom. The highest BCUT2D eigenvalue weighted by Crippen LogP contribution is 2.28. The van der Waals surface area contributed by atoms with Crippen molar-refractivity contribution in [3.05, 3.63) is 48.0 Å². The Morgan fingerprint density at radius 3 is 2.24 bits per heavy atom. The zero-order valence-corrected chi connectivity index (χ0v) is 13.3. The minimum Gasteiger partial charge on any atom is -0.496 e. The number of benzene rings is 2. The maximum atomic E-state index is 5.44. The van der Waals surface area contributed by atoms with Gasteiger partial charge in [0.2, 0.25) is 0 Å². The van der Waals surface area contributed by atoms with Gasteiger partial charge in [0.05, 0.1) is 7.11 Å². The number of hydrogen-bond donors (Lipinski definition) is 1. The second-order valence-corrected chi connectivity index (χ2v) is 5.25. The first kappa shape index (κ1) is 15.4. The van der Waals surface area contributed by atoms with E-state index in [0.717, 1.165) is 18.8 Å². The maximum Gasteiger partial charge on any atom is 0.123 e. The fraction of sp³-hybridized carbons (Fsp3) is 0.333. The van der Waals surface area contributed by atoms with Crippen LogP contribution >= 0.6 is 0 Å². The molecule has 3 heteroatoms. The number of ether oxygens (including phenoxy) is 1. The summed E-state index contributed by atoms with van der Waals surface area (Å²) in [6.45, 7) is 3.88. The summed E-state index contributed by atoms with van der Waals surface area (Å²) >= 11 is 0. The van der Waals surface area contributed by atoms with Gasteiger partial charge in [0, 0.05) is 31.9 Å². The molecule has 0 saturated heterocycles. The summed E-state index contributed by atoms with van der Waals surface area (Å²) in [6.07, 6.45) is 0. The summed E-state index contributed by atoms with van der Waals surface area (Å²) in [5, 5.41) is 3.36. The second kappa shape index (κ2) is 7.14. The van der Waals surface area contributed by atoms with Crippen molar-refractivity contribution >= 4 is 5.69 Å². The van der Waals surface area contributed by atoms with E-state index in [1.807, 2.05) is 6.07 Å². The fourth-order valence-corrected chi connectivity index (χ4v) is 2.31. The summed E-state index contributed by atoms with van der Waals surface area (Å²) < 4.78 is 5.44. The van der Waals surface area contributed by atoms with Crippen LogP contribution in [0.1, 0.15) is 12.5 Å². The third-order valence-corrected chi connectivity index (χ3v) is 3.56. The number of nitrogens with zero attached hydrogens (tertiary/aromatic N) is 1. The Kier molecular flexibility index (Phi) is 5.23. The van der Waals surface area contributed by atoms with Gasteiger partial charge in [0.25, 0.3) is 0 Å². The molecule has 21 heavy (non-hydrogen) atoms. The molecule has 1 N–H and O–H groups in total. The van der Waals surface area contributed by atoms with Gasteiger partial charge in [-0.1, -0.05) is 25.1 Å². The smallest absolute Gasteiger partial charge is 0.123 e. The van der Waals surface area contributed by atoms with Crippen molar-refractivity contribution in [3.63, 3.8) is 0 Å². The molecular weight excluding hydrogens is 260 g/mol. The Hall–Kier alpha value is -2.00. The van der Waals surface area contributed by atoms with Crippen LogP contribution in [-0.2, 0) is 6.54 Å². The second-order valence-electron chi connectivity index (χ2n) is 5.25. The molecule has 2 aromatic carbocycles. The lowest BCUT2D eigenvalue weighted by Gasteiger charge is -2.14. The van der Waals surface area contributed by atoms with E-state index in [0.29, 0.717) is 0 Å². The fourth-order valence-electron chi connectivity index (χ4n) is 2.31. The predicted molar refractivity (Wildman–Crippen MR) is 90.1 cm³/mol. The van der Waals surface area contributed by atoms with E-state index >= 15 is 0 Å². The van der Waals surface area contributed by atoms with E-state index in [4.69, 9.17) is 4.74 Å². The molecule has 2 aromatic rings. The molecule has 0 aromatic heterocycles. The Balaban J connectivity index is 2.30. The van der Waals surface area contributed by atoms with E-state index in [-0.39, 0.29) is 0 Å². The van der Waals surface area contributed by atoms with Crippen LogP contribution in [0.2, 0.25) is 0 Å². The number of anilines is 1. The van der Waals surface area contributed by atoms with E-state index in [9.17, 15) is 0 Å². The minimum absolute atomic E-state index is 0.823. The average Bonchev–Trinajstić information content (AvgIpc) is 2.52. The zero-order chi connectivity index (χ0) is 15.2. The van der Waals surface area contributed by atoms with Crippen LogP contribution in [0.4, 0.5) is 5.69 Å². The number of nitrogens with one attached hydrogen (secondary N) is 1. The summed E-state index contributed by atoms with van der Waals surface area (Å²) in [5.74, 6) is 0.935. The minimum atomic E-state index is 0.823. The Labute approximate surface area is 127 Å². The molecule has 0 spiro atoms. The quantitative estimate of drug-likeness (QED) is 0.878. The van der Waals surface area contributed by atoms with E-state index in [2.05, 4.69) is 67.6 Å². The summed E-state index contributed by atoms with van der Waals surface area (Å²) in [7, 11) is 5.82. The molecule has 0 bridgehead atoms. The van der Waals surface area contributed by atoms with Crippen LogP contribution in [-0.4, -0.2) is 27.7 Å². The summed E-state index contributed by atoms with van der Waals surface area (Å²) in [6, 6.07) is 15.0. The SMILES string of the molecule is CCNCc1cc(-c2ccc(N(C)C)cc2)ccc1OC. The lowest BCUT2D eigenvalue weighted by Crippen LogP contribution is -2.12. The molecule has 112 valence electrons. The van der Waals surface area contributed by atoms with Crippen molar-refractivity contribution in [2.24, 2.45) is 0 Å². The largest absolute Gasteiger partial charge is 0.496 e. The summed E-state index contributed by atoms with van der Waals surface area (Å²) in [4.78, 5) is 2.11. The molecule has 0 amide bonds. The lowest BCUT2D eigenvalue weighted by molar-refractivity contribution is 0.408. The van der Waals surface area contributed by atoms with Crippen molar-refractivity contribution in [2.75, 3.05) is 32.6 Å². The van der Waals surface area contributed by atoms with Crippen LogP contribution in [0, 0.1) is 0 Å². The van der Waals surface area contributed by atoms with Crippen LogP contribution in [0.25, 0.3) is 11.1 Å². The molecule has 0 heterocycles. The number of methoxy groups -OCH3 is 1. The van der Waals surface area contributed by atoms with Gasteiger partial charge in [-0.25, -0.2) is 0 Å². The van der Waals surface area contributed by atoms with Gasteiger partial charge in [0.15, 0.2) is 0 Å². The van der Waals surface area contributed by atoms with Gasteiger partial charge in [-0.05, 0) is 41.9 Å². The molecule has 2 rings (SSSR count). The van der Waals surface area contributed by atoms with Gasteiger partial charge in [-0.2, -0.15) is 0 Å². The van der Waals surface area contributed by atoms with Gasteiger partial charge in [-0.15, -0.1) is 0 Å². The first-order chi connectivity index (χ1) is 10.2. The molecule has 0 aliphatic rings. The normalized spacial score (nSPS) is 10.5. The van der Waals surface area contributed by atoms with Crippen LogP contribution in [0.15, 0.2) is 42.5 Å². The molecule has 0 atom stereocenters. The van der Waals surface area contributed by atoms with Gasteiger partial charge >= 0.3 is 0 Å². The highest BCUT2D eigenvalue weighted by atomic mass is 16.5.